The van der Waals surface area contributed by atoms with Crippen molar-refractivity contribution in [3.63, 3.8) is 0 Å². The standard InChI is InChI=1S/C52H101NO15/c1-3-5-7-9-11-13-15-17-18-19-20-22-24-26-28-30-32-34-40(57)50(64)53-38(43(58)39(56)33-31-29-27-25-23-21-16-14-12-10-8-6-4-2)37-65-52-49(47(62)45(60)42(36-55)67-52)68-51-48(63)46(61)44(59)41(35-54)66-51/h38-49,51-52,54-63H,3-37H2,1-2H3,(H,53,64)/t38-,39+,40+,41+,42+,43-,44-,45-,46-,47-,48+,49+,51?,52-/m0/s1. The molecule has 0 spiro atoms. The largest absolute Gasteiger partial charge is 0.394 e. The highest BCUT2D eigenvalue weighted by atomic mass is 16.8. The first-order valence-electron chi connectivity index (χ1n) is 27.5. The molecule has 0 bridgehead atoms. The molecule has 404 valence electrons. The molecule has 2 heterocycles. The molecule has 11 N–H and O–H groups in total. The van der Waals surface area contributed by atoms with Gasteiger partial charge in [-0.05, 0) is 12.8 Å². The van der Waals surface area contributed by atoms with Gasteiger partial charge < -0.3 is 75.3 Å². The zero-order chi connectivity index (χ0) is 49.9. The number of rotatable bonds is 43. The summed E-state index contributed by atoms with van der Waals surface area (Å²) in [4.78, 5) is 13.4. The topological polar surface area (TPSA) is 268 Å². The van der Waals surface area contributed by atoms with Crippen LogP contribution in [0.25, 0.3) is 0 Å². The summed E-state index contributed by atoms with van der Waals surface area (Å²) in [5.74, 6) is -0.773. The van der Waals surface area contributed by atoms with Crippen LogP contribution in [-0.4, -0.2) is 163 Å². The van der Waals surface area contributed by atoms with Gasteiger partial charge in [0.25, 0.3) is 0 Å². The Kier molecular flexibility index (Phi) is 36.6. The lowest BCUT2D eigenvalue weighted by Crippen LogP contribution is -2.65. The summed E-state index contributed by atoms with van der Waals surface area (Å²) in [5, 5.41) is 109. The van der Waals surface area contributed by atoms with E-state index in [2.05, 4.69) is 19.2 Å². The van der Waals surface area contributed by atoms with Crippen LogP contribution in [0.1, 0.15) is 219 Å². The van der Waals surface area contributed by atoms with Crippen molar-refractivity contribution in [1.82, 2.24) is 5.32 Å². The van der Waals surface area contributed by atoms with Gasteiger partial charge in [-0.2, -0.15) is 0 Å². The van der Waals surface area contributed by atoms with Gasteiger partial charge in [0.1, 0.15) is 61.0 Å². The van der Waals surface area contributed by atoms with Crippen LogP contribution in [0.3, 0.4) is 0 Å². The van der Waals surface area contributed by atoms with Crippen molar-refractivity contribution in [3.8, 4) is 0 Å². The predicted molar refractivity (Wildman–Crippen MR) is 261 cm³/mol. The number of amides is 1. The average molecular weight is 980 g/mol. The number of hydrogen-bond donors (Lipinski definition) is 11. The minimum Gasteiger partial charge on any atom is -0.394 e. The monoisotopic (exact) mass is 980 g/mol. The third kappa shape index (κ3) is 25.5. The number of unbranched alkanes of at least 4 members (excludes halogenated alkanes) is 28. The van der Waals surface area contributed by atoms with E-state index in [1.165, 1.54) is 128 Å². The lowest BCUT2D eigenvalue weighted by molar-refractivity contribution is -0.368. The predicted octanol–water partition coefficient (Wildman–Crippen LogP) is 5.72. The van der Waals surface area contributed by atoms with E-state index < -0.39 is 111 Å². The molecule has 2 saturated heterocycles. The van der Waals surface area contributed by atoms with E-state index in [9.17, 15) is 55.9 Å². The number of aliphatic hydroxyl groups excluding tert-OH is 10. The zero-order valence-electron chi connectivity index (χ0n) is 42.3. The van der Waals surface area contributed by atoms with E-state index >= 15 is 0 Å². The van der Waals surface area contributed by atoms with Crippen molar-refractivity contribution in [2.75, 3.05) is 19.8 Å². The molecule has 2 rings (SSSR count). The van der Waals surface area contributed by atoms with Gasteiger partial charge in [0.2, 0.25) is 5.91 Å². The fourth-order valence-electron chi connectivity index (χ4n) is 9.38. The summed E-state index contributed by atoms with van der Waals surface area (Å²) >= 11 is 0. The molecule has 0 aromatic rings. The molecule has 68 heavy (non-hydrogen) atoms. The van der Waals surface area contributed by atoms with Crippen LogP contribution in [0.5, 0.6) is 0 Å². The molecule has 0 aromatic heterocycles. The SMILES string of the molecule is CCCCCCCCCCCCCCCCCCC[C@@H](O)C(=O)N[C@@H](CO[C@H]1O[C@H](CO)[C@H](O)[C@H](O)[C@H]1OC1O[C@H](CO)[C@H](O)[C@H](O)[C@H]1O)[C@H](O)[C@H](O)CCCCCCCCCCCCCCC. The number of nitrogens with one attached hydrogen (secondary N) is 1. The third-order valence-electron chi connectivity index (χ3n) is 14.0. The first-order valence-corrected chi connectivity index (χ1v) is 27.5. The Balaban J connectivity index is 1.94. The number of carbonyl (C=O) groups excluding carboxylic acids is 1. The van der Waals surface area contributed by atoms with Crippen LogP contribution < -0.4 is 5.32 Å². The van der Waals surface area contributed by atoms with Crippen LogP contribution >= 0.6 is 0 Å². The van der Waals surface area contributed by atoms with Crippen molar-refractivity contribution >= 4 is 5.91 Å². The fraction of sp³-hybridized carbons (Fsp3) is 0.981. The second-order valence-electron chi connectivity index (χ2n) is 20.0. The van der Waals surface area contributed by atoms with Crippen LogP contribution in [0.4, 0.5) is 0 Å². The fourth-order valence-corrected chi connectivity index (χ4v) is 9.38. The minimum atomic E-state index is -1.87. The highest BCUT2D eigenvalue weighted by Crippen LogP contribution is 2.30. The number of carbonyl (C=O) groups is 1. The molecule has 0 radical (unpaired) electrons. The van der Waals surface area contributed by atoms with Gasteiger partial charge >= 0.3 is 0 Å². The highest BCUT2D eigenvalue weighted by molar-refractivity contribution is 5.80. The Labute approximate surface area is 409 Å². The molecule has 14 atom stereocenters. The Morgan fingerprint density at radius 1 is 0.485 bits per heavy atom. The van der Waals surface area contributed by atoms with Gasteiger partial charge in [0.05, 0.1) is 32.0 Å². The smallest absolute Gasteiger partial charge is 0.249 e. The first kappa shape index (κ1) is 63.0. The maximum absolute atomic E-state index is 13.4. The maximum Gasteiger partial charge on any atom is 0.249 e. The molecule has 0 aliphatic carbocycles. The Morgan fingerprint density at radius 3 is 1.26 bits per heavy atom. The van der Waals surface area contributed by atoms with Crippen molar-refractivity contribution in [3.05, 3.63) is 0 Å². The summed E-state index contributed by atoms with van der Waals surface area (Å²) in [6.07, 6.45) is 14.9. The van der Waals surface area contributed by atoms with Gasteiger partial charge in [0, 0.05) is 0 Å². The number of ether oxygens (including phenoxy) is 4. The van der Waals surface area contributed by atoms with E-state index in [4.69, 9.17) is 18.9 Å². The first-order chi connectivity index (χ1) is 32.9. The number of hydrogen-bond acceptors (Lipinski definition) is 15. The van der Waals surface area contributed by atoms with Crippen LogP contribution in [0.15, 0.2) is 0 Å². The third-order valence-corrected chi connectivity index (χ3v) is 14.0. The van der Waals surface area contributed by atoms with Gasteiger partial charge in [0.15, 0.2) is 12.6 Å². The summed E-state index contributed by atoms with van der Waals surface area (Å²) in [6, 6.07) is -1.31. The van der Waals surface area contributed by atoms with Gasteiger partial charge in [-0.15, -0.1) is 0 Å². The lowest BCUT2D eigenvalue weighted by atomic mass is 9.97. The van der Waals surface area contributed by atoms with Crippen molar-refractivity contribution in [1.29, 1.82) is 0 Å². The highest BCUT2D eigenvalue weighted by Gasteiger charge is 2.51. The van der Waals surface area contributed by atoms with Crippen molar-refractivity contribution in [2.24, 2.45) is 0 Å². The molecule has 16 heteroatoms. The molecule has 1 amide bonds. The Hall–Kier alpha value is -1.09. The Bertz CT molecular complexity index is 1190. The summed E-state index contributed by atoms with van der Waals surface area (Å²) in [7, 11) is 0. The van der Waals surface area contributed by atoms with E-state index in [1.807, 2.05) is 0 Å². The van der Waals surface area contributed by atoms with Crippen molar-refractivity contribution in [2.45, 2.75) is 305 Å². The second kappa shape index (κ2) is 39.4. The van der Waals surface area contributed by atoms with Crippen LogP contribution in [-0.2, 0) is 23.7 Å². The molecule has 2 aliphatic heterocycles. The number of aliphatic hydroxyl groups is 10. The minimum absolute atomic E-state index is 0.193. The quantitative estimate of drug-likeness (QED) is 0.0327. The van der Waals surface area contributed by atoms with Gasteiger partial charge in [-0.3, -0.25) is 4.79 Å². The Morgan fingerprint density at radius 2 is 0.853 bits per heavy atom. The van der Waals surface area contributed by atoms with Gasteiger partial charge in [-0.1, -0.05) is 206 Å². The van der Waals surface area contributed by atoms with E-state index in [-0.39, 0.29) is 12.8 Å². The van der Waals surface area contributed by atoms with Crippen molar-refractivity contribution < 1.29 is 74.8 Å². The summed E-state index contributed by atoms with van der Waals surface area (Å²) < 4.78 is 22.9. The normalized spacial score (nSPS) is 27.2. The molecule has 16 nitrogen and oxygen atoms in total. The van der Waals surface area contributed by atoms with Crippen LogP contribution in [0, 0.1) is 0 Å². The molecular formula is C52H101NO15. The molecule has 0 saturated carbocycles. The van der Waals surface area contributed by atoms with Crippen LogP contribution in [0.2, 0.25) is 0 Å². The summed E-state index contributed by atoms with van der Waals surface area (Å²) in [5.41, 5.74) is 0. The van der Waals surface area contributed by atoms with E-state index in [1.54, 1.807) is 0 Å². The van der Waals surface area contributed by atoms with E-state index in [0.717, 1.165) is 51.4 Å². The molecule has 2 aliphatic rings. The van der Waals surface area contributed by atoms with Gasteiger partial charge in [-0.25, -0.2) is 0 Å². The summed E-state index contributed by atoms with van der Waals surface area (Å²) in [6.45, 7) is 2.41. The second-order valence-corrected chi connectivity index (χ2v) is 20.0. The molecular weight excluding hydrogens is 879 g/mol. The lowest BCUT2D eigenvalue weighted by Gasteiger charge is -2.46. The maximum atomic E-state index is 13.4. The zero-order valence-corrected chi connectivity index (χ0v) is 42.3. The molecule has 1 unspecified atom stereocenters. The average Bonchev–Trinajstić information content (AvgIpc) is 3.34. The molecule has 0 aromatic carbocycles. The van der Waals surface area contributed by atoms with E-state index in [0.29, 0.717) is 12.8 Å². The molecule has 2 fully saturated rings.